The molecule has 6 heteroatoms. The second-order valence-electron chi connectivity index (χ2n) is 3.94. The predicted molar refractivity (Wildman–Crippen MR) is 95.8 cm³/mol. The van der Waals surface area contributed by atoms with Crippen LogP contribution in [0.5, 0.6) is 0 Å². The smallest absolute Gasteiger partial charge is 0.258 e. The first-order valence-electron chi connectivity index (χ1n) is 6.44. The number of nitro groups is 1. The van der Waals surface area contributed by atoms with Crippen molar-refractivity contribution < 1.29 is 4.92 Å². The molecule has 0 aliphatic heterocycles. The van der Waals surface area contributed by atoms with E-state index < -0.39 is 4.92 Å². The van der Waals surface area contributed by atoms with Gasteiger partial charge in [-0.15, -0.1) is 11.3 Å². The first-order chi connectivity index (χ1) is 10.1. The number of benzene rings is 2. The summed E-state index contributed by atoms with van der Waals surface area (Å²) in [6.45, 7) is 4.00. The number of fused-ring (bicyclic) bond motifs is 1. The molecular weight excluding hydrogens is 399 g/mol. The number of nitrogens with zero attached hydrogens (tertiary/aromatic N) is 2. The SMILES string of the molecule is CC.O=[N+]([O-])c1ccc(-c2nc3ccc(I)cc3s2)cc1. The fourth-order valence-electron chi connectivity index (χ4n) is 1.75. The van der Waals surface area contributed by atoms with E-state index in [4.69, 9.17) is 0 Å². The fourth-order valence-corrected chi connectivity index (χ4v) is 3.46. The van der Waals surface area contributed by atoms with Gasteiger partial charge in [0.2, 0.25) is 0 Å². The Hall–Kier alpha value is -1.54. The first-order valence-corrected chi connectivity index (χ1v) is 8.34. The van der Waals surface area contributed by atoms with Crippen molar-refractivity contribution in [2.24, 2.45) is 0 Å². The number of hydrogen-bond donors (Lipinski definition) is 0. The lowest BCUT2D eigenvalue weighted by Gasteiger charge is -1.95. The number of aromatic nitrogens is 1. The number of nitro benzene ring substituents is 1. The maximum absolute atomic E-state index is 10.6. The van der Waals surface area contributed by atoms with Crippen molar-refractivity contribution in [1.29, 1.82) is 0 Å². The van der Waals surface area contributed by atoms with Crippen LogP contribution in [0.25, 0.3) is 20.8 Å². The van der Waals surface area contributed by atoms with Crippen molar-refractivity contribution in [2.45, 2.75) is 13.8 Å². The second-order valence-corrected chi connectivity index (χ2v) is 6.21. The molecule has 0 unspecified atom stereocenters. The van der Waals surface area contributed by atoms with Crippen molar-refractivity contribution in [3.8, 4) is 10.6 Å². The molecule has 0 fully saturated rings. The van der Waals surface area contributed by atoms with Crippen molar-refractivity contribution in [3.63, 3.8) is 0 Å². The van der Waals surface area contributed by atoms with Crippen molar-refractivity contribution in [2.75, 3.05) is 0 Å². The van der Waals surface area contributed by atoms with Gasteiger partial charge in [0, 0.05) is 21.3 Å². The second kappa shape index (κ2) is 6.95. The Balaban J connectivity index is 0.000000774. The molecule has 1 heterocycles. The molecule has 3 rings (SSSR count). The summed E-state index contributed by atoms with van der Waals surface area (Å²) in [6, 6.07) is 12.6. The van der Waals surface area contributed by atoms with Crippen LogP contribution >= 0.6 is 33.9 Å². The van der Waals surface area contributed by atoms with Gasteiger partial charge in [0.25, 0.3) is 5.69 Å². The van der Waals surface area contributed by atoms with Gasteiger partial charge in [-0.2, -0.15) is 0 Å². The summed E-state index contributed by atoms with van der Waals surface area (Å²) in [4.78, 5) is 14.8. The lowest BCUT2D eigenvalue weighted by Crippen LogP contribution is -1.86. The normalized spacial score (nSPS) is 10.0. The van der Waals surface area contributed by atoms with Gasteiger partial charge in [0.1, 0.15) is 5.01 Å². The number of rotatable bonds is 2. The van der Waals surface area contributed by atoms with E-state index >= 15 is 0 Å². The van der Waals surface area contributed by atoms with Crippen LogP contribution < -0.4 is 0 Å². The molecule has 0 amide bonds. The van der Waals surface area contributed by atoms with Gasteiger partial charge >= 0.3 is 0 Å². The molecule has 0 radical (unpaired) electrons. The zero-order chi connectivity index (χ0) is 15.4. The Morgan fingerprint density at radius 3 is 2.43 bits per heavy atom. The van der Waals surface area contributed by atoms with Crippen molar-refractivity contribution in [3.05, 3.63) is 56.1 Å². The molecule has 0 aliphatic carbocycles. The Kier molecular flexibility index (Phi) is 5.24. The molecule has 4 nitrogen and oxygen atoms in total. The monoisotopic (exact) mass is 412 g/mol. The zero-order valence-electron chi connectivity index (χ0n) is 11.5. The van der Waals surface area contributed by atoms with E-state index in [-0.39, 0.29) is 5.69 Å². The lowest BCUT2D eigenvalue weighted by molar-refractivity contribution is -0.384. The summed E-state index contributed by atoms with van der Waals surface area (Å²) in [5.74, 6) is 0. The van der Waals surface area contributed by atoms with Gasteiger partial charge in [-0.25, -0.2) is 4.98 Å². The highest BCUT2D eigenvalue weighted by molar-refractivity contribution is 14.1. The molecule has 0 saturated carbocycles. The van der Waals surface area contributed by atoms with Crippen LogP contribution in [0, 0.1) is 13.7 Å². The average Bonchev–Trinajstić information content (AvgIpc) is 2.92. The van der Waals surface area contributed by atoms with Gasteiger partial charge in [0.15, 0.2) is 0 Å². The van der Waals surface area contributed by atoms with Gasteiger partial charge in [-0.05, 0) is 52.9 Å². The number of halogens is 1. The van der Waals surface area contributed by atoms with Crippen LogP contribution in [0.1, 0.15) is 13.8 Å². The molecule has 108 valence electrons. The van der Waals surface area contributed by atoms with Gasteiger partial charge in [0.05, 0.1) is 15.1 Å². The summed E-state index contributed by atoms with van der Waals surface area (Å²) in [5.41, 5.74) is 1.96. The fraction of sp³-hybridized carbons (Fsp3) is 0.133. The quantitative estimate of drug-likeness (QED) is 0.317. The number of thiazole rings is 1. The van der Waals surface area contributed by atoms with Crippen LogP contribution in [0.3, 0.4) is 0 Å². The molecule has 0 saturated heterocycles. The third kappa shape index (κ3) is 3.56. The number of hydrogen-bond acceptors (Lipinski definition) is 4. The molecule has 21 heavy (non-hydrogen) atoms. The van der Waals surface area contributed by atoms with Crippen LogP contribution in [-0.2, 0) is 0 Å². The van der Waals surface area contributed by atoms with E-state index in [0.29, 0.717) is 0 Å². The van der Waals surface area contributed by atoms with E-state index in [0.717, 1.165) is 20.8 Å². The molecule has 2 aromatic carbocycles. The maximum Gasteiger partial charge on any atom is 0.269 e. The minimum atomic E-state index is -0.398. The number of non-ortho nitro benzene ring substituents is 1. The summed E-state index contributed by atoms with van der Waals surface area (Å²) < 4.78 is 2.30. The van der Waals surface area contributed by atoms with Crippen molar-refractivity contribution >= 4 is 49.8 Å². The molecule has 0 N–H and O–H groups in total. The van der Waals surface area contributed by atoms with Crippen LogP contribution in [0.15, 0.2) is 42.5 Å². The van der Waals surface area contributed by atoms with Crippen molar-refractivity contribution in [1.82, 2.24) is 4.98 Å². The topological polar surface area (TPSA) is 56.0 Å². The highest BCUT2D eigenvalue weighted by atomic mass is 127. The summed E-state index contributed by atoms with van der Waals surface area (Å²) in [5, 5.41) is 11.5. The van der Waals surface area contributed by atoms with E-state index in [9.17, 15) is 10.1 Å². The van der Waals surface area contributed by atoms with Crippen LogP contribution in [0.4, 0.5) is 5.69 Å². The predicted octanol–water partition coefficient (Wildman–Crippen LogP) is 5.50. The van der Waals surface area contributed by atoms with E-state index in [1.54, 1.807) is 23.5 Å². The Morgan fingerprint density at radius 1 is 1.14 bits per heavy atom. The van der Waals surface area contributed by atoms with E-state index in [2.05, 4.69) is 33.6 Å². The first kappa shape index (κ1) is 15.8. The highest BCUT2D eigenvalue weighted by Gasteiger charge is 2.09. The molecule has 0 atom stereocenters. The van der Waals surface area contributed by atoms with Crippen LogP contribution in [0.2, 0.25) is 0 Å². The third-order valence-corrected chi connectivity index (χ3v) is 4.41. The maximum atomic E-state index is 10.6. The minimum absolute atomic E-state index is 0.0967. The highest BCUT2D eigenvalue weighted by Crippen LogP contribution is 2.31. The third-order valence-electron chi connectivity index (χ3n) is 2.68. The van der Waals surface area contributed by atoms with Gasteiger partial charge < -0.3 is 0 Å². The Labute approximate surface area is 140 Å². The molecule has 3 aromatic rings. The molecular formula is C15H13IN2O2S. The van der Waals surface area contributed by atoms with Gasteiger partial charge in [-0.3, -0.25) is 10.1 Å². The minimum Gasteiger partial charge on any atom is -0.258 e. The summed E-state index contributed by atoms with van der Waals surface area (Å²) in [7, 11) is 0. The Bertz CT molecular complexity index is 769. The van der Waals surface area contributed by atoms with Crippen LogP contribution in [-0.4, -0.2) is 9.91 Å². The van der Waals surface area contributed by atoms with E-state index in [1.807, 2.05) is 26.0 Å². The van der Waals surface area contributed by atoms with Gasteiger partial charge in [-0.1, -0.05) is 13.8 Å². The summed E-state index contributed by atoms with van der Waals surface area (Å²) in [6.07, 6.45) is 0. The largest absolute Gasteiger partial charge is 0.269 e. The molecule has 0 bridgehead atoms. The standard InChI is InChI=1S/C13H7IN2O2S.C2H6/c14-9-3-6-11-12(7-9)19-13(15-11)8-1-4-10(5-2-8)16(17)18;1-2/h1-7H;1-2H3. The molecule has 0 aliphatic rings. The Morgan fingerprint density at radius 2 is 1.81 bits per heavy atom. The average molecular weight is 412 g/mol. The summed E-state index contributed by atoms with van der Waals surface area (Å²) >= 11 is 3.86. The lowest BCUT2D eigenvalue weighted by atomic mass is 10.2. The molecule has 0 spiro atoms. The zero-order valence-corrected chi connectivity index (χ0v) is 14.5. The van der Waals surface area contributed by atoms with E-state index in [1.165, 1.54) is 15.7 Å². The molecule has 1 aromatic heterocycles.